The maximum absolute atomic E-state index is 12.7. The first kappa shape index (κ1) is 21.5. The highest BCUT2D eigenvalue weighted by atomic mass is 32.2. The molecule has 1 aliphatic rings. The third-order valence-electron chi connectivity index (χ3n) is 5.21. The SMILES string of the molecule is CCN(CC)C(CNC(=O)CCC(=O)N1CCSc2ccccc21)c1ccco1. The second kappa shape index (κ2) is 10.5. The zero-order chi connectivity index (χ0) is 20.6. The molecule has 156 valence electrons. The number of rotatable bonds is 9. The number of hydrogen-bond donors (Lipinski definition) is 1. The van der Waals surface area contributed by atoms with Gasteiger partial charge in [0.1, 0.15) is 5.76 Å². The van der Waals surface area contributed by atoms with Crippen LogP contribution in [0.25, 0.3) is 0 Å². The van der Waals surface area contributed by atoms with Gasteiger partial charge in [-0.2, -0.15) is 0 Å². The number of nitrogens with one attached hydrogen (secondary N) is 1. The Hall–Kier alpha value is -2.25. The zero-order valence-corrected chi connectivity index (χ0v) is 17.9. The molecule has 1 aromatic heterocycles. The Kier molecular flexibility index (Phi) is 7.77. The van der Waals surface area contributed by atoms with Crippen molar-refractivity contribution >= 4 is 29.3 Å². The second-order valence-electron chi connectivity index (χ2n) is 6.92. The van der Waals surface area contributed by atoms with Crippen molar-refractivity contribution in [2.75, 3.05) is 36.8 Å². The van der Waals surface area contributed by atoms with Gasteiger partial charge in [0.2, 0.25) is 11.8 Å². The molecule has 1 N–H and O–H groups in total. The van der Waals surface area contributed by atoms with E-state index in [1.165, 1.54) is 0 Å². The Bertz CT molecular complexity index is 805. The van der Waals surface area contributed by atoms with E-state index in [-0.39, 0.29) is 30.7 Å². The molecule has 2 amide bonds. The molecule has 2 heterocycles. The molecule has 1 atom stereocenters. The van der Waals surface area contributed by atoms with Crippen LogP contribution >= 0.6 is 11.8 Å². The minimum atomic E-state index is -0.110. The van der Waals surface area contributed by atoms with Crippen LogP contribution in [0.2, 0.25) is 0 Å². The molecule has 1 aliphatic heterocycles. The van der Waals surface area contributed by atoms with Crippen molar-refractivity contribution < 1.29 is 14.0 Å². The molecule has 0 fully saturated rings. The van der Waals surface area contributed by atoms with Crippen LogP contribution in [0.1, 0.15) is 38.5 Å². The summed E-state index contributed by atoms with van der Waals surface area (Å²) < 4.78 is 5.57. The summed E-state index contributed by atoms with van der Waals surface area (Å²) in [5.74, 6) is 1.61. The largest absolute Gasteiger partial charge is 0.468 e. The van der Waals surface area contributed by atoms with Crippen molar-refractivity contribution in [1.82, 2.24) is 10.2 Å². The Morgan fingerprint density at radius 2 is 1.97 bits per heavy atom. The summed E-state index contributed by atoms with van der Waals surface area (Å²) in [5, 5.41) is 2.98. The molecule has 0 saturated carbocycles. The van der Waals surface area contributed by atoms with Gasteiger partial charge < -0.3 is 14.6 Å². The monoisotopic (exact) mass is 415 g/mol. The number of amides is 2. The molecule has 29 heavy (non-hydrogen) atoms. The van der Waals surface area contributed by atoms with Crippen molar-refractivity contribution in [3.8, 4) is 0 Å². The predicted octanol–water partition coefficient (Wildman–Crippen LogP) is 3.70. The van der Waals surface area contributed by atoms with E-state index in [2.05, 4.69) is 24.1 Å². The number of thioether (sulfide) groups is 1. The van der Waals surface area contributed by atoms with Crippen LogP contribution in [0.3, 0.4) is 0 Å². The summed E-state index contributed by atoms with van der Waals surface area (Å²) in [6, 6.07) is 11.7. The summed E-state index contributed by atoms with van der Waals surface area (Å²) in [6.07, 6.45) is 2.05. The summed E-state index contributed by atoms with van der Waals surface area (Å²) in [4.78, 5) is 30.3. The molecule has 1 unspecified atom stereocenters. The minimum absolute atomic E-state index is 0.000715. The van der Waals surface area contributed by atoms with Crippen molar-refractivity contribution in [1.29, 1.82) is 0 Å². The van der Waals surface area contributed by atoms with Gasteiger partial charge in [0.05, 0.1) is 18.0 Å². The molecule has 0 bridgehead atoms. The third-order valence-corrected chi connectivity index (χ3v) is 6.26. The van der Waals surface area contributed by atoms with Gasteiger partial charge in [0, 0.05) is 36.6 Å². The van der Waals surface area contributed by atoms with Crippen LogP contribution in [0.15, 0.2) is 52.0 Å². The molecular weight excluding hydrogens is 386 g/mol. The van der Waals surface area contributed by atoms with E-state index in [4.69, 9.17) is 4.42 Å². The van der Waals surface area contributed by atoms with Crippen LogP contribution in [0.4, 0.5) is 5.69 Å². The van der Waals surface area contributed by atoms with Gasteiger partial charge in [-0.05, 0) is 37.4 Å². The van der Waals surface area contributed by atoms with Crippen LogP contribution in [0, 0.1) is 0 Å². The predicted molar refractivity (Wildman–Crippen MR) is 116 cm³/mol. The van der Waals surface area contributed by atoms with E-state index in [0.717, 1.165) is 35.2 Å². The third kappa shape index (κ3) is 5.42. The number of carbonyl (C=O) groups is 2. The second-order valence-corrected chi connectivity index (χ2v) is 8.05. The average molecular weight is 416 g/mol. The summed E-state index contributed by atoms with van der Waals surface area (Å²) in [7, 11) is 0. The summed E-state index contributed by atoms with van der Waals surface area (Å²) >= 11 is 1.76. The fourth-order valence-corrected chi connectivity index (χ4v) is 4.63. The lowest BCUT2D eigenvalue weighted by atomic mass is 10.1. The molecule has 3 rings (SSSR count). The number of para-hydroxylation sites is 1. The first-order valence-electron chi connectivity index (χ1n) is 10.2. The van der Waals surface area contributed by atoms with Gasteiger partial charge in [-0.1, -0.05) is 26.0 Å². The van der Waals surface area contributed by atoms with Crippen LogP contribution in [-0.2, 0) is 9.59 Å². The maximum atomic E-state index is 12.7. The first-order chi connectivity index (χ1) is 14.1. The van der Waals surface area contributed by atoms with E-state index in [9.17, 15) is 9.59 Å². The highest BCUT2D eigenvalue weighted by molar-refractivity contribution is 7.99. The van der Waals surface area contributed by atoms with Crippen molar-refractivity contribution in [2.24, 2.45) is 0 Å². The minimum Gasteiger partial charge on any atom is -0.468 e. The van der Waals surface area contributed by atoms with Gasteiger partial charge in [-0.3, -0.25) is 14.5 Å². The zero-order valence-electron chi connectivity index (χ0n) is 17.1. The molecule has 0 saturated heterocycles. The maximum Gasteiger partial charge on any atom is 0.227 e. The number of nitrogens with zero attached hydrogens (tertiary/aromatic N) is 2. The number of fused-ring (bicyclic) bond motifs is 1. The van der Waals surface area contributed by atoms with Crippen molar-refractivity contribution in [3.63, 3.8) is 0 Å². The Morgan fingerprint density at radius 1 is 1.17 bits per heavy atom. The van der Waals surface area contributed by atoms with Crippen molar-refractivity contribution in [2.45, 2.75) is 37.6 Å². The van der Waals surface area contributed by atoms with E-state index in [1.54, 1.807) is 22.9 Å². The summed E-state index contributed by atoms with van der Waals surface area (Å²) in [6.45, 7) is 7.06. The molecule has 1 aromatic carbocycles. The lowest BCUT2D eigenvalue weighted by molar-refractivity contribution is -0.125. The number of hydrogen-bond acceptors (Lipinski definition) is 5. The van der Waals surface area contributed by atoms with Crippen molar-refractivity contribution in [3.05, 3.63) is 48.4 Å². The van der Waals surface area contributed by atoms with E-state index >= 15 is 0 Å². The van der Waals surface area contributed by atoms with Gasteiger partial charge in [0.15, 0.2) is 0 Å². The molecule has 0 radical (unpaired) electrons. The Morgan fingerprint density at radius 3 is 2.69 bits per heavy atom. The van der Waals surface area contributed by atoms with E-state index in [0.29, 0.717) is 13.1 Å². The average Bonchev–Trinajstić information content (AvgIpc) is 3.29. The number of anilines is 1. The quantitative estimate of drug-likeness (QED) is 0.677. The highest BCUT2D eigenvalue weighted by Gasteiger charge is 2.24. The number of likely N-dealkylation sites (N-methyl/N-ethyl adjacent to an activating group) is 1. The smallest absolute Gasteiger partial charge is 0.227 e. The number of benzene rings is 1. The van der Waals surface area contributed by atoms with Gasteiger partial charge in [0.25, 0.3) is 0 Å². The Balaban J connectivity index is 1.52. The van der Waals surface area contributed by atoms with Gasteiger partial charge in [-0.25, -0.2) is 0 Å². The molecular formula is C22H29N3O3S. The molecule has 0 aliphatic carbocycles. The van der Waals surface area contributed by atoms with Gasteiger partial charge in [-0.15, -0.1) is 11.8 Å². The topological polar surface area (TPSA) is 65.8 Å². The van der Waals surface area contributed by atoms with Crippen LogP contribution in [-0.4, -0.2) is 48.6 Å². The fourth-order valence-electron chi connectivity index (χ4n) is 3.64. The molecule has 2 aromatic rings. The standard InChI is InChI=1S/C22H29N3O3S/c1-3-24(4-2)18(19-9-7-14-28-19)16-23-21(26)11-12-22(27)25-13-15-29-20-10-6-5-8-17(20)25/h5-10,14,18H,3-4,11-13,15-16H2,1-2H3,(H,23,26). The Labute approximate surface area is 176 Å². The lowest BCUT2D eigenvalue weighted by Gasteiger charge is -2.29. The summed E-state index contributed by atoms with van der Waals surface area (Å²) in [5.41, 5.74) is 0.952. The lowest BCUT2D eigenvalue weighted by Crippen LogP contribution is -2.39. The number of furan rings is 1. The normalized spacial score (nSPS) is 14.5. The molecule has 6 nitrogen and oxygen atoms in total. The van der Waals surface area contributed by atoms with E-state index in [1.807, 2.05) is 36.4 Å². The highest BCUT2D eigenvalue weighted by Crippen LogP contribution is 2.34. The fraction of sp³-hybridized carbons (Fsp3) is 0.455. The molecule has 0 spiro atoms. The first-order valence-corrected chi connectivity index (χ1v) is 11.2. The number of carbonyl (C=O) groups excluding carboxylic acids is 2. The van der Waals surface area contributed by atoms with E-state index < -0.39 is 0 Å². The molecule has 7 heteroatoms. The van der Waals surface area contributed by atoms with Gasteiger partial charge >= 0.3 is 0 Å². The van der Waals surface area contributed by atoms with Crippen LogP contribution < -0.4 is 10.2 Å². The van der Waals surface area contributed by atoms with Crippen LogP contribution in [0.5, 0.6) is 0 Å².